The van der Waals surface area contributed by atoms with Crippen LogP contribution in [0.2, 0.25) is 0 Å². The maximum absolute atomic E-state index is 13.5. The summed E-state index contributed by atoms with van der Waals surface area (Å²) >= 11 is 0. The fourth-order valence-electron chi connectivity index (χ4n) is 2.58. The lowest BCUT2D eigenvalue weighted by Gasteiger charge is -2.35. The lowest BCUT2D eigenvalue weighted by atomic mass is 9.89. The standard InChI is InChI=1S/C15H18F3NO3S/c1-14(15(16,17)18,12-5-3-2-4-6-12)19-13(20)11-7-9-23(21,22)10-8-11/h2-6,11H,7-10H2,1H3,(H,19,20). The van der Waals surface area contributed by atoms with Crippen molar-refractivity contribution in [1.82, 2.24) is 5.32 Å². The third-order valence-corrected chi connectivity index (χ3v) is 5.93. The van der Waals surface area contributed by atoms with Gasteiger partial charge in [-0.05, 0) is 25.3 Å². The Balaban J connectivity index is 2.21. The molecule has 0 spiro atoms. The first-order chi connectivity index (χ1) is 10.6. The minimum atomic E-state index is -4.68. The molecule has 1 aliphatic heterocycles. The Kier molecular flexibility index (Phi) is 4.75. The third-order valence-electron chi connectivity index (χ3n) is 4.22. The Bertz CT molecular complexity index is 659. The van der Waals surface area contributed by atoms with Gasteiger partial charge in [-0.1, -0.05) is 30.3 Å². The lowest BCUT2D eigenvalue weighted by molar-refractivity contribution is -0.198. The number of sulfone groups is 1. The van der Waals surface area contributed by atoms with Crippen LogP contribution in [0, 0.1) is 5.92 Å². The van der Waals surface area contributed by atoms with Crippen molar-refractivity contribution in [2.45, 2.75) is 31.5 Å². The molecule has 1 aromatic carbocycles. The van der Waals surface area contributed by atoms with E-state index in [1.165, 1.54) is 24.3 Å². The van der Waals surface area contributed by atoms with E-state index in [4.69, 9.17) is 0 Å². The van der Waals surface area contributed by atoms with Crippen molar-refractivity contribution < 1.29 is 26.4 Å². The Morgan fingerprint density at radius 2 is 1.65 bits per heavy atom. The third kappa shape index (κ3) is 3.85. The number of benzene rings is 1. The fourth-order valence-corrected chi connectivity index (χ4v) is 4.07. The molecule has 23 heavy (non-hydrogen) atoms. The first kappa shape index (κ1) is 17.8. The van der Waals surface area contributed by atoms with E-state index in [2.05, 4.69) is 5.32 Å². The van der Waals surface area contributed by atoms with Crippen molar-refractivity contribution in [3.8, 4) is 0 Å². The van der Waals surface area contributed by atoms with Gasteiger partial charge in [0.1, 0.15) is 9.84 Å². The number of alkyl halides is 3. The molecule has 0 aromatic heterocycles. The van der Waals surface area contributed by atoms with Crippen LogP contribution >= 0.6 is 0 Å². The molecule has 1 N–H and O–H groups in total. The average Bonchev–Trinajstić information content (AvgIpc) is 2.46. The highest BCUT2D eigenvalue weighted by Crippen LogP contribution is 2.39. The molecule has 1 unspecified atom stereocenters. The van der Waals surface area contributed by atoms with E-state index in [1.807, 2.05) is 0 Å². The molecular weight excluding hydrogens is 331 g/mol. The molecule has 0 radical (unpaired) electrons. The highest BCUT2D eigenvalue weighted by molar-refractivity contribution is 7.91. The molecule has 1 aliphatic rings. The van der Waals surface area contributed by atoms with Crippen LogP contribution in [-0.4, -0.2) is 32.0 Å². The molecule has 2 rings (SSSR count). The Labute approximate surface area is 133 Å². The molecule has 1 amide bonds. The minimum Gasteiger partial charge on any atom is -0.338 e. The van der Waals surface area contributed by atoms with Crippen molar-refractivity contribution in [2.75, 3.05) is 11.5 Å². The van der Waals surface area contributed by atoms with Crippen LogP contribution in [0.4, 0.5) is 13.2 Å². The van der Waals surface area contributed by atoms with Crippen LogP contribution in [0.5, 0.6) is 0 Å². The summed E-state index contributed by atoms with van der Waals surface area (Å²) in [5.41, 5.74) is -2.58. The fraction of sp³-hybridized carbons (Fsp3) is 0.533. The van der Waals surface area contributed by atoms with E-state index in [9.17, 15) is 26.4 Å². The van der Waals surface area contributed by atoms with Gasteiger partial charge in [0.15, 0.2) is 5.54 Å². The van der Waals surface area contributed by atoms with Crippen LogP contribution in [0.25, 0.3) is 0 Å². The number of halogens is 3. The van der Waals surface area contributed by atoms with Gasteiger partial charge in [-0.15, -0.1) is 0 Å². The van der Waals surface area contributed by atoms with Crippen molar-refractivity contribution >= 4 is 15.7 Å². The van der Waals surface area contributed by atoms with Crippen LogP contribution in [0.15, 0.2) is 30.3 Å². The normalized spacial score (nSPS) is 21.4. The van der Waals surface area contributed by atoms with Crippen LogP contribution < -0.4 is 5.32 Å². The molecule has 1 saturated heterocycles. The summed E-state index contributed by atoms with van der Waals surface area (Å²) in [6.07, 6.45) is -4.57. The van der Waals surface area contributed by atoms with E-state index < -0.39 is 33.4 Å². The summed E-state index contributed by atoms with van der Waals surface area (Å²) in [6, 6.07) is 7.14. The van der Waals surface area contributed by atoms with Gasteiger partial charge in [-0.3, -0.25) is 4.79 Å². The van der Waals surface area contributed by atoms with Crippen molar-refractivity contribution in [2.24, 2.45) is 5.92 Å². The SMILES string of the molecule is CC(NC(=O)C1CCS(=O)(=O)CC1)(c1ccccc1)C(F)(F)F. The quantitative estimate of drug-likeness (QED) is 0.911. The van der Waals surface area contributed by atoms with Gasteiger partial charge in [0.2, 0.25) is 5.91 Å². The summed E-state index contributed by atoms with van der Waals surface area (Å²) < 4.78 is 63.3. The summed E-state index contributed by atoms with van der Waals surface area (Å²) in [4.78, 5) is 12.2. The first-order valence-electron chi connectivity index (χ1n) is 7.20. The van der Waals surface area contributed by atoms with Crippen molar-refractivity contribution in [3.05, 3.63) is 35.9 Å². The number of hydrogen-bond donors (Lipinski definition) is 1. The van der Waals surface area contributed by atoms with E-state index in [-0.39, 0.29) is 29.9 Å². The van der Waals surface area contributed by atoms with Crippen molar-refractivity contribution in [1.29, 1.82) is 0 Å². The van der Waals surface area contributed by atoms with Gasteiger partial charge in [0.25, 0.3) is 0 Å². The molecule has 1 fully saturated rings. The first-order valence-corrected chi connectivity index (χ1v) is 9.02. The highest BCUT2D eigenvalue weighted by atomic mass is 32.2. The zero-order valence-electron chi connectivity index (χ0n) is 12.6. The van der Waals surface area contributed by atoms with Crippen LogP contribution in [-0.2, 0) is 20.2 Å². The Hall–Kier alpha value is -1.57. The zero-order chi connectivity index (χ0) is 17.3. The average molecular weight is 349 g/mol. The van der Waals surface area contributed by atoms with Gasteiger partial charge in [0.05, 0.1) is 11.5 Å². The second kappa shape index (κ2) is 6.14. The number of nitrogens with one attached hydrogen (secondary N) is 1. The predicted molar refractivity (Wildman–Crippen MR) is 79.4 cm³/mol. The molecule has 1 heterocycles. The molecule has 1 atom stereocenters. The second-order valence-electron chi connectivity index (χ2n) is 5.90. The molecule has 0 aliphatic carbocycles. The highest BCUT2D eigenvalue weighted by Gasteiger charge is 2.54. The van der Waals surface area contributed by atoms with Gasteiger partial charge >= 0.3 is 6.18 Å². The topological polar surface area (TPSA) is 63.2 Å². The molecule has 0 saturated carbocycles. The monoisotopic (exact) mass is 349 g/mol. The van der Waals surface area contributed by atoms with Gasteiger partial charge in [0, 0.05) is 5.92 Å². The summed E-state index contributed by atoms with van der Waals surface area (Å²) in [6.45, 7) is 0.916. The largest absolute Gasteiger partial charge is 0.415 e. The minimum absolute atomic E-state index is 0.0525. The van der Waals surface area contributed by atoms with E-state index in [0.29, 0.717) is 0 Å². The summed E-state index contributed by atoms with van der Waals surface area (Å²) in [5, 5.41) is 2.09. The Morgan fingerprint density at radius 1 is 1.13 bits per heavy atom. The number of rotatable bonds is 3. The van der Waals surface area contributed by atoms with Crippen LogP contribution in [0.1, 0.15) is 25.3 Å². The lowest BCUT2D eigenvalue weighted by Crippen LogP contribution is -2.55. The van der Waals surface area contributed by atoms with Crippen molar-refractivity contribution in [3.63, 3.8) is 0 Å². The number of carbonyl (C=O) groups excluding carboxylic acids is 1. The molecule has 128 valence electrons. The zero-order valence-corrected chi connectivity index (χ0v) is 13.4. The number of hydrogen-bond acceptors (Lipinski definition) is 3. The van der Waals surface area contributed by atoms with E-state index in [1.54, 1.807) is 6.07 Å². The maximum Gasteiger partial charge on any atom is 0.415 e. The number of carbonyl (C=O) groups is 1. The molecule has 0 bridgehead atoms. The van der Waals surface area contributed by atoms with Gasteiger partial charge in [-0.2, -0.15) is 13.2 Å². The molecular formula is C15H18F3NO3S. The maximum atomic E-state index is 13.5. The summed E-state index contributed by atoms with van der Waals surface area (Å²) in [5.74, 6) is -1.81. The van der Waals surface area contributed by atoms with E-state index in [0.717, 1.165) is 6.92 Å². The summed E-state index contributed by atoms with van der Waals surface area (Å²) in [7, 11) is -3.18. The second-order valence-corrected chi connectivity index (χ2v) is 8.21. The van der Waals surface area contributed by atoms with Gasteiger partial charge in [-0.25, -0.2) is 8.42 Å². The smallest absolute Gasteiger partial charge is 0.338 e. The molecule has 1 aromatic rings. The predicted octanol–water partition coefficient (Wildman–Crippen LogP) is 2.41. The Morgan fingerprint density at radius 3 is 2.13 bits per heavy atom. The molecule has 4 nitrogen and oxygen atoms in total. The molecule has 8 heteroatoms. The number of amides is 1. The van der Waals surface area contributed by atoms with E-state index >= 15 is 0 Å². The van der Waals surface area contributed by atoms with Gasteiger partial charge < -0.3 is 5.32 Å². The van der Waals surface area contributed by atoms with Crippen LogP contribution in [0.3, 0.4) is 0 Å².